The Morgan fingerprint density at radius 1 is 1.64 bits per heavy atom. The fraction of sp³-hybridized carbons (Fsp3) is 0.625. The van der Waals surface area contributed by atoms with E-state index in [9.17, 15) is 4.79 Å². The maximum Gasteiger partial charge on any atom is 0.217 e. The Labute approximate surface area is 136 Å². The molecule has 2 atom stereocenters. The quantitative estimate of drug-likeness (QED) is 0.643. The molecule has 2 heterocycles. The van der Waals surface area contributed by atoms with Crippen molar-refractivity contribution in [1.82, 2.24) is 10.2 Å². The van der Waals surface area contributed by atoms with E-state index in [1.54, 1.807) is 11.3 Å². The van der Waals surface area contributed by atoms with Crippen LogP contribution >= 0.6 is 11.3 Å². The molecule has 3 N–H and O–H groups in total. The summed E-state index contributed by atoms with van der Waals surface area (Å²) in [7, 11) is 1.82. The second-order valence-electron chi connectivity index (χ2n) is 5.97. The van der Waals surface area contributed by atoms with Crippen molar-refractivity contribution in [3.63, 3.8) is 0 Å². The number of carbonyl (C=O) groups is 1. The Balaban J connectivity index is 1.87. The van der Waals surface area contributed by atoms with Gasteiger partial charge < -0.3 is 16.0 Å². The number of aliphatic imine (C=N–C) groups is 1. The van der Waals surface area contributed by atoms with Crippen LogP contribution in [0.3, 0.4) is 0 Å². The Morgan fingerprint density at radius 2 is 2.45 bits per heavy atom. The molecule has 122 valence electrons. The van der Waals surface area contributed by atoms with Gasteiger partial charge in [-0.3, -0.25) is 9.79 Å². The molecule has 1 amide bonds. The predicted molar refractivity (Wildman–Crippen MR) is 92.2 cm³/mol. The Morgan fingerprint density at radius 3 is 3.09 bits per heavy atom. The normalized spacial score (nSPS) is 20.7. The average Bonchev–Trinajstić information content (AvgIpc) is 3.01. The molecule has 0 spiro atoms. The third kappa shape index (κ3) is 4.73. The molecule has 1 aromatic heterocycles. The molecule has 1 fully saturated rings. The third-order valence-corrected chi connectivity index (χ3v) is 5.22. The second-order valence-corrected chi connectivity index (χ2v) is 6.95. The Hall–Kier alpha value is -1.56. The van der Waals surface area contributed by atoms with Gasteiger partial charge in [0.1, 0.15) is 0 Å². The number of amides is 1. The number of rotatable bonds is 5. The summed E-state index contributed by atoms with van der Waals surface area (Å²) in [4.78, 5) is 19.1. The van der Waals surface area contributed by atoms with Crippen molar-refractivity contribution in [2.24, 2.45) is 16.6 Å². The maximum absolute atomic E-state index is 11.1. The SMILES string of the molecule is CN=C(NCC(C)c1cccs1)N1CCCC(CC(N)=O)C1. The number of nitrogens with one attached hydrogen (secondary N) is 1. The van der Waals surface area contributed by atoms with E-state index in [1.807, 2.05) is 7.05 Å². The molecular formula is C16H26N4OS. The number of hydrogen-bond acceptors (Lipinski definition) is 3. The maximum atomic E-state index is 11.1. The van der Waals surface area contributed by atoms with Crippen molar-refractivity contribution >= 4 is 23.2 Å². The molecule has 1 saturated heterocycles. The van der Waals surface area contributed by atoms with Crippen LogP contribution in [0.1, 0.15) is 37.0 Å². The van der Waals surface area contributed by atoms with Gasteiger partial charge in [0.25, 0.3) is 0 Å². The summed E-state index contributed by atoms with van der Waals surface area (Å²) in [5.41, 5.74) is 5.33. The topological polar surface area (TPSA) is 70.7 Å². The van der Waals surface area contributed by atoms with E-state index in [-0.39, 0.29) is 5.91 Å². The van der Waals surface area contributed by atoms with Crippen LogP contribution in [0.15, 0.2) is 22.5 Å². The Kier molecular flexibility index (Phi) is 6.24. The van der Waals surface area contributed by atoms with Gasteiger partial charge in [0.15, 0.2) is 5.96 Å². The lowest BCUT2D eigenvalue weighted by Crippen LogP contribution is -2.47. The van der Waals surface area contributed by atoms with Crippen LogP contribution in [0.4, 0.5) is 0 Å². The molecule has 5 nitrogen and oxygen atoms in total. The van der Waals surface area contributed by atoms with E-state index in [4.69, 9.17) is 5.73 Å². The zero-order valence-electron chi connectivity index (χ0n) is 13.4. The second kappa shape index (κ2) is 8.17. The van der Waals surface area contributed by atoms with Crippen LogP contribution in [-0.2, 0) is 4.79 Å². The minimum Gasteiger partial charge on any atom is -0.370 e. The van der Waals surface area contributed by atoms with Gasteiger partial charge in [-0.05, 0) is 30.2 Å². The molecule has 1 aliphatic rings. The number of thiophene rings is 1. The van der Waals surface area contributed by atoms with Crippen molar-refractivity contribution in [1.29, 1.82) is 0 Å². The van der Waals surface area contributed by atoms with E-state index in [1.165, 1.54) is 4.88 Å². The number of piperidine rings is 1. The number of hydrogen-bond donors (Lipinski definition) is 2. The molecule has 22 heavy (non-hydrogen) atoms. The zero-order chi connectivity index (χ0) is 15.9. The largest absolute Gasteiger partial charge is 0.370 e. The first-order valence-corrected chi connectivity index (χ1v) is 8.75. The molecule has 0 aliphatic carbocycles. The molecule has 2 unspecified atom stereocenters. The summed E-state index contributed by atoms with van der Waals surface area (Å²) in [6, 6.07) is 4.26. The van der Waals surface area contributed by atoms with Crippen LogP contribution in [0.25, 0.3) is 0 Å². The molecule has 1 aromatic rings. The van der Waals surface area contributed by atoms with Gasteiger partial charge in [-0.25, -0.2) is 0 Å². The highest BCUT2D eigenvalue weighted by molar-refractivity contribution is 7.10. The Bertz CT molecular complexity index is 500. The smallest absolute Gasteiger partial charge is 0.217 e. The van der Waals surface area contributed by atoms with Gasteiger partial charge in [0.05, 0.1) is 0 Å². The van der Waals surface area contributed by atoms with Crippen LogP contribution in [0, 0.1) is 5.92 Å². The highest BCUT2D eigenvalue weighted by Gasteiger charge is 2.23. The zero-order valence-corrected chi connectivity index (χ0v) is 14.2. The van der Waals surface area contributed by atoms with E-state index < -0.39 is 0 Å². The van der Waals surface area contributed by atoms with E-state index >= 15 is 0 Å². The van der Waals surface area contributed by atoms with E-state index in [0.29, 0.717) is 18.3 Å². The summed E-state index contributed by atoms with van der Waals surface area (Å²) in [6.07, 6.45) is 2.63. The fourth-order valence-corrected chi connectivity index (χ4v) is 3.74. The number of likely N-dealkylation sites (tertiary alicyclic amines) is 1. The molecule has 1 aliphatic heterocycles. The molecule has 0 aromatic carbocycles. The van der Waals surface area contributed by atoms with Crippen LogP contribution in [0.5, 0.6) is 0 Å². The molecule has 2 rings (SSSR count). The van der Waals surface area contributed by atoms with Crippen molar-refractivity contribution < 1.29 is 4.79 Å². The van der Waals surface area contributed by atoms with Crippen LogP contribution in [0.2, 0.25) is 0 Å². The minimum atomic E-state index is -0.207. The van der Waals surface area contributed by atoms with Crippen molar-refractivity contribution in [2.45, 2.75) is 32.1 Å². The molecule has 0 saturated carbocycles. The number of guanidine groups is 1. The predicted octanol–water partition coefficient (Wildman–Crippen LogP) is 2.01. The van der Waals surface area contributed by atoms with Crippen molar-refractivity contribution in [2.75, 3.05) is 26.7 Å². The summed E-state index contributed by atoms with van der Waals surface area (Å²) in [5, 5.41) is 5.58. The van der Waals surface area contributed by atoms with Gasteiger partial charge in [-0.2, -0.15) is 0 Å². The van der Waals surface area contributed by atoms with Gasteiger partial charge >= 0.3 is 0 Å². The number of carbonyl (C=O) groups excluding carboxylic acids is 1. The van der Waals surface area contributed by atoms with Gasteiger partial charge in [-0.15, -0.1) is 11.3 Å². The average molecular weight is 322 g/mol. The summed E-state index contributed by atoms with van der Waals surface area (Å²) in [5.74, 6) is 1.53. The lowest BCUT2D eigenvalue weighted by atomic mass is 9.95. The summed E-state index contributed by atoms with van der Waals surface area (Å²) in [6.45, 7) is 4.93. The monoisotopic (exact) mass is 322 g/mol. The van der Waals surface area contributed by atoms with E-state index in [0.717, 1.165) is 38.4 Å². The van der Waals surface area contributed by atoms with Crippen molar-refractivity contribution in [3.8, 4) is 0 Å². The number of nitrogens with two attached hydrogens (primary N) is 1. The van der Waals surface area contributed by atoms with Gasteiger partial charge in [0, 0.05) is 43.9 Å². The highest BCUT2D eigenvalue weighted by atomic mass is 32.1. The minimum absolute atomic E-state index is 0.207. The molecule has 0 bridgehead atoms. The number of primary amides is 1. The summed E-state index contributed by atoms with van der Waals surface area (Å²) < 4.78 is 0. The van der Waals surface area contributed by atoms with Crippen LogP contribution < -0.4 is 11.1 Å². The van der Waals surface area contributed by atoms with Crippen LogP contribution in [-0.4, -0.2) is 43.4 Å². The standard InChI is InChI=1S/C16H26N4OS/c1-12(14-6-4-8-22-14)10-19-16(18-2)20-7-3-5-13(11-20)9-15(17)21/h4,6,8,12-13H,3,5,7,9-11H2,1-2H3,(H2,17,21)(H,18,19). The first-order valence-electron chi connectivity index (χ1n) is 7.87. The van der Waals surface area contributed by atoms with E-state index in [2.05, 4.69) is 39.6 Å². The highest BCUT2D eigenvalue weighted by Crippen LogP contribution is 2.21. The fourth-order valence-electron chi connectivity index (χ4n) is 2.96. The van der Waals surface area contributed by atoms with Gasteiger partial charge in [-0.1, -0.05) is 13.0 Å². The summed E-state index contributed by atoms with van der Waals surface area (Å²) >= 11 is 1.79. The molecule has 6 heteroatoms. The van der Waals surface area contributed by atoms with Gasteiger partial charge in [0.2, 0.25) is 5.91 Å². The number of nitrogens with zero attached hydrogens (tertiary/aromatic N) is 2. The first kappa shape index (κ1) is 16.8. The molecule has 0 radical (unpaired) electrons. The molecular weight excluding hydrogens is 296 g/mol. The lowest BCUT2D eigenvalue weighted by molar-refractivity contribution is -0.119. The first-order chi connectivity index (χ1) is 10.6. The third-order valence-electron chi connectivity index (χ3n) is 4.12. The lowest BCUT2D eigenvalue weighted by Gasteiger charge is -2.35. The van der Waals surface area contributed by atoms with Crippen molar-refractivity contribution in [3.05, 3.63) is 22.4 Å².